The maximum Gasteiger partial charge on any atom is 0.472 e. The van der Waals surface area contributed by atoms with Crippen molar-refractivity contribution in [3.8, 4) is 0 Å². The van der Waals surface area contributed by atoms with Crippen LogP contribution in [0.2, 0.25) is 0 Å². The molecule has 0 heterocycles. The number of carboxylic acid groups (broad SMARTS) is 1. The molecule has 0 aliphatic rings. The van der Waals surface area contributed by atoms with Gasteiger partial charge in [-0.15, -0.1) is 0 Å². The van der Waals surface area contributed by atoms with Crippen LogP contribution in [0.4, 0.5) is 0 Å². The molecule has 0 saturated heterocycles. The maximum atomic E-state index is 12.6. The van der Waals surface area contributed by atoms with E-state index in [1.54, 1.807) is 0 Å². The molecule has 0 aromatic heterocycles. The maximum absolute atomic E-state index is 12.6. The molecule has 4 N–H and O–H groups in total. The van der Waals surface area contributed by atoms with Crippen LogP contribution < -0.4 is 5.73 Å². The Bertz CT molecular complexity index is 930. The van der Waals surface area contributed by atoms with Crippen molar-refractivity contribution in [2.24, 2.45) is 5.73 Å². The van der Waals surface area contributed by atoms with E-state index in [2.05, 4.69) is 38.2 Å². The molecule has 0 fully saturated rings. The summed E-state index contributed by atoms with van der Waals surface area (Å²) in [5.41, 5.74) is 5.34. The first-order valence-corrected chi connectivity index (χ1v) is 22.4. The SMILES string of the molecule is CCCCCC/C=C\C/C=C\CCCCCCCCCC(=O)OC(COCCCCCCCCCCCCCC)COP(=O)(O)OCC(N)C(=O)O. The zero-order valence-corrected chi connectivity index (χ0v) is 34.1. The fraction of sp³-hybridized carbons (Fsp3) is 0.854. The van der Waals surface area contributed by atoms with Gasteiger partial charge in [-0.3, -0.25) is 18.6 Å². The van der Waals surface area contributed by atoms with Gasteiger partial charge in [-0.05, 0) is 44.9 Å². The quantitative estimate of drug-likeness (QED) is 0.0238. The van der Waals surface area contributed by atoms with Crippen LogP contribution in [-0.2, 0) is 32.7 Å². The Morgan fingerprint density at radius 2 is 1.06 bits per heavy atom. The number of esters is 1. The van der Waals surface area contributed by atoms with Crippen molar-refractivity contribution < 1.29 is 42.7 Å². The highest BCUT2D eigenvalue weighted by molar-refractivity contribution is 7.47. The van der Waals surface area contributed by atoms with Gasteiger partial charge in [-0.1, -0.05) is 160 Å². The Labute approximate surface area is 317 Å². The molecule has 0 bridgehead atoms. The first-order chi connectivity index (χ1) is 25.2. The van der Waals surface area contributed by atoms with E-state index in [1.807, 2.05) is 0 Å². The molecule has 11 heteroatoms. The Morgan fingerprint density at radius 1 is 0.615 bits per heavy atom. The third-order valence-corrected chi connectivity index (χ3v) is 9.93. The number of carboxylic acids is 1. The molecule has 306 valence electrons. The number of phosphoric ester groups is 1. The number of allylic oxidation sites excluding steroid dienone is 4. The molecule has 0 radical (unpaired) electrons. The number of carbonyl (C=O) groups excluding carboxylic acids is 1. The fourth-order valence-electron chi connectivity index (χ4n) is 5.69. The summed E-state index contributed by atoms with van der Waals surface area (Å²) in [6, 6.07) is -1.47. The molecular formula is C41H78NO9P. The molecule has 0 aromatic carbocycles. The van der Waals surface area contributed by atoms with Crippen LogP contribution in [0, 0.1) is 0 Å². The predicted molar refractivity (Wildman–Crippen MR) is 212 cm³/mol. The Kier molecular flexibility index (Phi) is 36.6. The Balaban J connectivity index is 4.25. The van der Waals surface area contributed by atoms with Crippen LogP contribution >= 0.6 is 7.82 Å². The van der Waals surface area contributed by atoms with Crippen LogP contribution in [0.1, 0.15) is 187 Å². The highest BCUT2D eigenvalue weighted by atomic mass is 31.2. The smallest absolute Gasteiger partial charge is 0.472 e. The van der Waals surface area contributed by atoms with Crippen molar-refractivity contribution in [2.45, 2.75) is 199 Å². The Morgan fingerprint density at radius 3 is 1.58 bits per heavy atom. The summed E-state index contributed by atoms with van der Waals surface area (Å²) in [4.78, 5) is 33.5. The van der Waals surface area contributed by atoms with E-state index in [4.69, 9.17) is 29.4 Å². The van der Waals surface area contributed by atoms with Crippen LogP contribution in [0.5, 0.6) is 0 Å². The summed E-state index contributed by atoms with van der Waals surface area (Å²) >= 11 is 0. The first-order valence-electron chi connectivity index (χ1n) is 20.9. The second-order valence-corrected chi connectivity index (χ2v) is 15.6. The second-order valence-electron chi connectivity index (χ2n) is 14.1. The van der Waals surface area contributed by atoms with Gasteiger partial charge in [0.05, 0.1) is 19.8 Å². The van der Waals surface area contributed by atoms with Gasteiger partial charge < -0.3 is 25.2 Å². The molecule has 10 nitrogen and oxygen atoms in total. The number of aliphatic carboxylic acids is 1. The molecule has 0 spiro atoms. The minimum Gasteiger partial charge on any atom is -0.480 e. The third kappa shape index (κ3) is 36.8. The highest BCUT2D eigenvalue weighted by Crippen LogP contribution is 2.43. The monoisotopic (exact) mass is 760 g/mol. The van der Waals surface area contributed by atoms with E-state index in [-0.39, 0.29) is 13.0 Å². The van der Waals surface area contributed by atoms with Crippen molar-refractivity contribution in [3.05, 3.63) is 24.3 Å². The van der Waals surface area contributed by atoms with Gasteiger partial charge in [0.2, 0.25) is 0 Å². The Hall–Kier alpha value is -1.55. The highest BCUT2D eigenvalue weighted by Gasteiger charge is 2.27. The van der Waals surface area contributed by atoms with Gasteiger partial charge in [-0.25, -0.2) is 4.57 Å². The van der Waals surface area contributed by atoms with Gasteiger partial charge in [-0.2, -0.15) is 0 Å². The van der Waals surface area contributed by atoms with Crippen LogP contribution in [0.15, 0.2) is 24.3 Å². The van der Waals surface area contributed by atoms with Crippen molar-refractivity contribution in [1.82, 2.24) is 0 Å². The van der Waals surface area contributed by atoms with Gasteiger partial charge >= 0.3 is 19.8 Å². The van der Waals surface area contributed by atoms with E-state index in [1.165, 1.54) is 109 Å². The molecule has 0 aliphatic carbocycles. The number of hydrogen-bond acceptors (Lipinski definition) is 8. The molecule has 0 saturated carbocycles. The van der Waals surface area contributed by atoms with E-state index in [0.29, 0.717) is 13.0 Å². The summed E-state index contributed by atoms with van der Waals surface area (Å²) in [5.74, 6) is -1.78. The summed E-state index contributed by atoms with van der Waals surface area (Å²) in [5, 5.41) is 8.88. The lowest BCUT2D eigenvalue weighted by molar-refractivity contribution is -0.154. The lowest BCUT2D eigenvalue weighted by Gasteiger charge is -2.20. The fourth-order valence-corrected chi connectivity index (χ4v) is 6.47. The minimum atomic E-state index is -4.61. The summed E-state index contributed by atoms with van der Waals surface area (Å²) in [6.45, 7) is 3.86. The molecule has 0 amide bonds. The third-order valence-electron chi connectivity index (χ3n) is 8.98. The van der Waals surface area contributed by atoms with Gasteiger partial charge in [0.1, 0.15) is 12.1 Å². The lowest BCUT2D eigenvalue weighted by Crippen LogP contribution is -2.34. The standard InChI is InChI=1S/C41H78NO9P/c1-3-5-7-9-11-13-15-17-18-19-20-21-22-23-25-27-29-31-33-40(43)51-38(36-49-52(46,47)50-37-39(42)41(44)45)35-48-34-32-30-28-26-24-16-14-12-10-8-6-4-2/h13,15,18-19,38-39H,3-12,14,16-17,20-37,42H2,1-2H3,(H,44,45)(H,46,47)/b15-13-,19-18-. The summed E-state index contributed by atoms with van der Waals surface area (Å²) in [7, 11) is -4.61. The number of carbonyl (C=O) groups is 2. The van der Waals surface area contributed by atoms with Crippen LogP contribution in [0.25, 0.3) is 0 Å². The van der Waals surface area contributed by atoms with Crippen LogP contribution in [0.3, 0.4) is 0 Å². The number of nitrogens with two attached hydrogens (primary N) is 1. The summed E-state index contributed by atoms with van der Waals surface area (Å²) < 4.78 is 33.3. The van der Waals surface area contributed by atoms with Gasteiger partial charge in [0.25, 0.3) is 0 Å². The molecule has 52 heavy (non-hydrogen) atoms. The summed E-state index contributed by atoms with van der Waals surface area (Å²) in [6.07, 6.45) is 39.4. The molecular weight excluding hydrogens is 681 g/mol. The van der Waals surface area contributed by atoms with Crippen LogP contribution in [-0.4, -0.2) is 60.5 Å². The first kappa shape index (κ1) is 50.5. The minimum absolute atomic E-state index is 0.0173. The van der Waals surface area contributed by atoms with E-state index in [9.17, 15) is 19.0 Å². The molecule has 0 aliphatic heterocycles. The number of ether oxygens (including phenoxy) is 2. The largest absolute Gasteiger partial charge is 0.480 e. The number of rotatable bonds is 40. The average molecular weight is 760 g/mol. The zero-order chi connectivity index (χ0) is 38.4. The van der Waals surface area contributed by atoms with Crippen molar-refractivity contribution in [1.29, 1.82) is 0 Å². The number of hydrogen-bond donors (Lipinski definition) is 3. The predicted octanol–water partition coefficient (Wildman–Crippen LogP) is 11.1. The van der Waals surface area contributed by atoms with Crippen molar-refractivity contribution >= 4 is 19.8 Å². The molecule has 0 rings (SSSR count). The number of phosphoric acid groups is 1. The second kappa shape index (κ2) is 37.8. The average Bonchev–Trinajstić information content (AvgIpc) is 3.12. The molecule has 0 aromatic rings. The number of unbranched alkanes of at least 4 members (excludes halogenated alkanes) is 22. The zero-order valence-electron chi connectivity index (χ0n) is 33.2. The van der Waals surface area contributed by atoms with E-state index in [0.717, 1.165) is 51.4 Å². The van der Waals surface area contributed by atoms with E-state index < -0.39 is 45.1 Å². The normalized spacial score (nSPS) is 14.2. The van der Waals surface area contributed by atoms with Crippen molar-refractivity contribution in [2.75, 3.05) is 26.4 Å². The molecule has 3 unspecified atom stereocenters. The lowest BCUT2D eigenvalue weighted by atomic mass is 10.1. The van der Waals surface area contributed by atoms with Crippen molar-refractivity contribution in [3.63, 3.8) is 0 Å². The van der Waals surface area contributed by atoms with Gasteiger partial charge in [0, 0.05) is 13.0 Å². The molecule has 3 atom stereocenters. The van der Waals surface area contributed by atoms with E-state index >= 15 is 0 Å². The van der Waals surface area contributed by atoms with Gasteiger partial charge in [0.15, 0.2) is 0 Å². The topological polar surface area (TPSA) is 155 Å².